The van der Waals surface area contributed by atoms with Gasteiger partial charge in [0.15, 0.2) is 0 Å². The lowest BCUT2D eigenvalue weighted by Gasteiger charge is -2.30. The molecule has 0 aromatic heterocycles. The van der Waals surface area contributed by atoms with Crippen molar-refractivity contribution in [3.63, 3.8) is 0 Å². The minimum absolute atomic E-state index is 0.251. The first-order valence-corrected chi connectivity index (χ1v) is 6.11. The summed E-state index contributed by atoms with van der Waals surface area (Å²) in [5, 5.41) is 0. The molecule has 0 saturated heterocycles. The van der Waals surface area contributed by atoms with Crippen LogP contribution in [0.25, 0.3) is 0 Å². The van der Waals surface area contributed by atoms with Gasteiger partial charge in [-0.2, -0.15) is 0 Å². The summed E-state index contributed by atoms with van der Waals surface area (Å²) in [6, 6.07) is 0. The average Bonchev–Trinajstić information content (AvgIpc) is 2.14. The van der Waals surface area contributed by atoms with Crippen molar-refractivity contribution in [3.05, 3.63) is 0 Å². The van der Waals surface area contributed by atoms with Crippen LogP contribution in [0.3, 0.4) is 0 Å². The van der Waals surface area contributed by atoms with Crippen molar-refractivity contribution < 1.29 is 19.1 Å². The molecule has 1 amide bonds. The minimum atomic E-state index is -0.748. The minimum Gasteiger partial charge on any atom is -0.466 e. The van der Waals surface area contributed by atoms with Gasteiger partial charge in [-0.3, -0.25) is 4.79 Å². The van der Waals surface area contributed by atoms with Crippen LogP contribution in [-0.2, 0) is 14.3 Å². The van der Waals surface area contributed by atoms with Crippen LogP contribution in [0.2, 0.25) is 0 Å². The third-order valence-corrected chi connectivity index (χ3v) is 2.17. The molecule has 0 aromatic rings. The van der Waals surface area contributed by atoms with E-state index in [0.717, 1.165) is 0 Å². The molecule has 106 valence electrons. The molecule has 0 unspecified atom stereocenters. The lowest BCUT2D eigenvalue weighted by atomic mass is 9.93. The van der Waals surface area contributed by atoms with E-state index in [-0.39, 0.29) is 12.5 Å². The smallest absolute Gasteiger partial charge is 0.410 e. The largest absolute Gasteiger partial charge is 0.466 e. The van der Waals surface area contributed by atoms with Gasteiger partial charge >= 0.3 is 12.1 Å². The van der Waals surface area contributed by atoms with Crippen molar-refractivity contribution in [3.8, 4) is 0 Å². The van der Waals surface area contributed by atoms with Crippen molar-refractivity contribution in [2.24, 2.45) is 5.41 Å². The Bertz CT molecular complexity index is 305. The quantitative estimate of drug-likeness (QED) is 0.728. The first-order valence-electron chi connectivity index (χ1n) is 6.11. The van der Waals surface area contributed by atoms with Crippen LogP contribution >= 0.6 is 0 Å². The van der Waals surface area contributed by atoms with Crippen molar-refractivity contribution in [1.82, 2.24) is 4.90 Å². The molecule has 0 aliphatic carbocycles. The molecule has 0 rings (SSSR count). The molecular formula is C13H25NO4. The summed E-state index contributed by atoms with van der Waals surface area (Å²) in [5.74, 6) is -0.319. The van der Waals surface area contributed by atoms with Gasteiger partial charge < -0.3 is 14.4 Å². The van der Waals surface area contributed by atoms with Crippen molar-refractivity contribution in [2.75, 3.05) is 20.2 Å². The van der Waals surface area contributed by atoms with E-state index in [4.69, 9.17) is 9.47 Å². The average molecular weight is 259 g/mol. The summed E-state index contributed by atoms with van der Waals surface area (Å²) in [6.45, 7) is 11.2. The van der Waals surface area contributed by atoms with Crippen molar-refractivity contribution >= 4 is 12.1 Å². The van der Waals surface area contributed by atoms with E-state index >= 15 is 0 Å². The Morgan fingerprint density at radius 1 is 1.11 bits per heavy atom. The zero-order valence-electron chi connectivity index (χ0n) is 12.5. The van der Waals surface area contributed by atoms with Gasteiger partial charge in [-0.25, -0.2) is 4.79 Å². The molecule has 0 aromatic carbocycles. The summed E-state index contributed by atoms with van der Waals surface area (Å²) in [6.07, 6.45) is -0.445. The molecule has 18 heavy (non-hydrogen) atoms. The molecular weight excluding hydrogens is 234 g/mol. The van der Waals surface area contributed by atoms with E-state index in [9.17, 15) is 9.59 Å². The Morgan fingerprint density at radius 3 is 2.00 bits per heavy atom. The van der Waals surface area contributed by atoms with E-state index in [0.29, 0.717) is 6.61 Å². The highest BCUT2D eigenvalue weighted by atomic mass is 16.6. The van der Waals surface area contributed by atoms with Crippen LogP contribution in [0.5, 0.6) is 0 Å². The summed E-state index contributed by atoms with van der Waals surface area (Å²) < 4.78 is 10.2. The second kappa shape index (κ2) is 6.07. The van der Waals surface area contributed by atoms with Crippen LogP contribution in [-0.4, -0.2) is 42.8 Å². The van der Waals surface area contributed by atoms with Gasteiger partial charge in [0, 0.05) is 13.6 Å². The highest BCUT2D eigenvalue weighted by Gasteiger charge is 2.33. The molecule has 0 spiro atoms. The Kier molecular flexibility index (Phi) is 5.64. The fraction of sp³-hybridized carbons (Fsp3) is 0.846. The number of carbonyl (C=O) groups excluding carboxylic acids is 2. The van der Waals surface area contributed by atoms with E-state index in [1.807, 2.05) is 0 Å². The normalized spacial score (nSPS) is 11.9. The van der Waals surface area contributed by atoms with Crippen LogP contribution in [0.15, 0.2) is 0 Å². The predicted molar refractivity (Wildman–Crippen MR) is 69.3 cm³/mol. The maximum Gasteiger partial charge on any atom is 0.410 e. The van der Waals surface area contributed by atoms with Crippen molar-refractivity contribution in [1.29, 1.82) is 0 Å². The van der Waals surface area contributed by atoms with Crippen LogP contribution in [0.4, 0.5) is 4.79 Å². The molecule has 0 saturated carbocycles. The SMILES string of the molecule is CCOC(=O)C(C)(C)CN(C)C(=O)OC(C)(C)C. The lowest BCUT2D eigenvalue weighted by Crippen LogP contribution is -2.43. The number of hydrogen-bond donors (Lipinski definition) is 0. The summed E-state index contributed by atoms with van der Waals surface area (Å²) in [5.41, 5.74) is -1.29. The standard InChI is InChI=1S/C13H25NO4/c1-8-17-10(15)13(5,6)9-14(7)11(16)18-12(2,3)4/h8-9H2,1-7H3. The third-order valence-electron chi connectivity index (χ3n) is 2.17. The maximum absolute atomic E-state index is 11.8. The van der Waals surface area contributed by atoms with Gasteiger partial charge in [0.1, 0.15) is 5.60 Å². The Hall–Kier alpha value is -1.26. The fourth-order valence-electron chi connectivity index (χ4n) is 1.39. The Morgan fingerprint density at radius 2 is 1.61 bits per heavy atom. The zero-order valence-corrected chi connectivity index (χ0v) is 12.5. The highest BCUT2D eigenvalue weighted by Crippen LogP contribution is 2.20. The summed E-state index contributed by atoms with van der Waals surface area (Å²) >= 11 is 0. The van der Waals surface area contributed by atoms with E-state index in [1.54, 1.807) is 48.6 Å². The molecule has 5 heteroatoms. The van der Waals surface area contributed by atoms with E-state index in [1.165, 1.54) is 4.90 Å². The molecule has 0 atom stereocenters. The number of nitrogens with zero attached hydrogens (tertiary/aromatic N) is 1. The number of rotatable bonds is 4. The Labute approximate surface area is 109 Å². The molecule has 5 nitrogen and oxygen atoms in total. The van der Waals surface area contributed by atoms with Crippen molar-refractivity contribution in [2.45, 2.75) is 47.1 Å². The lowest BCUT2D eigenvalue weighted by molar-refractivity contribution is -0.154. The van der Waals surface area contributed by atoms with Gasteiger partial charge in [-0.15, -0.1) is 0 Å². The number of hydrogen-bond acceptors (Lipinski definition) is 4. The molecule has 0 aliphatic rings. The van der Waals surface area contributed by atoms with Crippen LogP contribution in [0, 0.1) is 5.41 Å². The third kappa shape index (κ3) is 5.89. The van der Waals surface area contributed by atoms with Crippen LogP contribution < -0.4 is 0 Å². The summed E-state index contributed by atoms with van der Waals surface area (Å²) in [4.78, 5) is 24.9. The van der Waals surface area contributed by atoms with Crippen LogP contribution in [0.1, 0.15) is 41.5 Å². The number of carbonyl (C=O) groups is 2. The zero-order chi connectivity index (χ0) is 14.6. The molecule has 0 heterocycles. The molecule has 0 radical (unpaired) electrons. The second-order valence-electron chi connectivity index (χ2n) is 5.94. The Balaban J connectivity index is 4.50. The molecule has 0 aliphatic heterocycles. The monoisotopic (exact) mass is 259 g/mol. The molecule has 0 bridgehead atoms. The topological polar surface area (TPSA) is 55.8 Å². The maximum atomic E-state index is 11.8. The van der Waals surface area contributed by atoms with E-state index < -0.39 is 17.1 Å². The van der Waals surface area contributed by atoms with Gasteiger partial charge in [0.25, 0.3) is 0 Å². The van der Waals surface area contributed by atoms with Gasteiger partial charge in [0.2, 0.25) is 0 Å². The van der Waals surface area contributed by atoms with Gasteiger partial charge in [-0.1, -0.05) is 0 Å². The second-order valence-corrected chi connectivity index (χ2v) is 5.94. The predicted octanol–water partition coefficient (Wildman–Crippen LogP) is 2.44. The first-order chi connectivity index (χ1) is 7.99. The number of esters is 1. The first kappa shape index (κ1) is 16.7. The van der Waals surface area contributed by atoms with E-state index in [2.05, 4.69) is 0 Å². The number of amides is 1. The van der Waals surface area contributed by atoms with Gasteiger partial charge in [0.05, 0.1) is 12.0 Å². The number of ether oxygens (including phenoxy) is 2. The molecule has 0 fully saturated rings. The highest BCUT2D eigenvalue weighted by molar-refractivity contribution is 5.77. The van der Waals surface area contributed by atoms with Gasteiger partial charge in [-0.05, 0) is 41.5 Å². The summed E-state index contributed by atoms with van der Waals surface area (Å²) in [7, 11) is 1.61. The molecule has 0 N–H and O–H groups in total. The fourth-order valence-corrected chi connectivity index (χ4v) is 1.39.